The summed E-state index contributed by atoms with van der Waals surface area (Å²) in [5.41, 5.74) is -0.927. The molecule has 0 aliphatic carbocycles. The van der Waals surface area contributed by atoms with Crippen LogP contribution in [0.2, 0.25) is 0 Å². The van der Waals surface area contributed by atoms with Crippen LogP contribution >= 0.6 is 0 Å². The van der Waals surface area contributed by atoms with E-state index in [0.29, 0.717) is 13.0 Å². The van der Waals surface area contributed by atoms with E-state index in [1.165, 1.54) is 0 Å². The molecule has 14 heavy (non-hydrogen) atoms. The Bertz CT molecular complexity index is 176. The molecule has 0 bridgehead atoms. The lowest BCUT2D eigenvalue weighted by molar-refractivity contribution is -0.142. The lowest BCUT2D eigenvalue weighted by Crippen LogP contribution is -2.44. The smallest absolute Gasteiger partial charge is 0.256 e. The third-order valence-corrected chi connectivity index (χ3v) is 3.06. The van der Waals surface area contributed by atoms with Crippen molar-refractivity contribution in [2.75, 3.05) is 13.1 Å². The first-order chi connectivity index (χ1) is 6.36. The first-order valence-electron chi connectivity index (χ1n) is 5.44. The van der Waals surface area contributed by atoms with Crippen LogP contribution in [-0.4, -0.2) is 19.0 Å². The first-order valence-corrected chi connectivity index (χ1v) is 5.44. The molecule has 0 aromatic rings. The summed E-state index contributed by atoms with van der Waals surface area (Å²) in [4.78, 5) is 0. The Morgan fingerprint density at radius 2 is 1.79 bits per heavy atom. The molecule has 1 atom stereocenters. The van der Waals surface area contributed by atoms with Gasteiger partial charge >= 0.3 is 0 Å². The van der Waals surface area contributed by atoms with E-state index in [0.717, 1.165) is 19.4 Å². The van der Waals surface area contributed by atoms with Gasteiger partial charge in [-0.15, -0.1) is 0 Å². The second kappa shape index (κ2) is 4.13. The van der Waals surface area contributed by atoms with Crippen molar-refractivity contribution in [1.29, 1.82) is 0 Å². The highest BCUT2D eigenvalue weighted by Gasteiger charge is 2.49. The van der Waals surface area contributed by atoms with Gasteiger partial charge in [0.05, 0.1) is 0 Å². The minimum Gasteiger partial charge on any atom is -0.316 e. The SMILES string of the molecule is CC(C)(C)C(F)(F)C1CCCCNC1. The van der Waals surface area contributed by atoms with E-state index in [1.807, 2.05) is 0 Å². The van der Waals surface area contributed by atoms with E-state index in [-0.39, 0.29) is 0 Å². The highest BCUT2D eigenvalue weighted by molar-refractivity contribution is 4.89. The van der Waals surface area contributed by atoms with E-state index in [2.05, 4.69) is 5.32 Å². The molecule has 0 aromatic heterocycles. The first kappa shape index (κ1) is 11.9. The average molecular weight is 205 g/mol. The molecule has 1 fully saturated rings. The van der Waals surface area contributed by atoms with Gasteiger partial charge in [0.25, 0.3) is 5.92 Å². The number of hydrogen-bond donors (Lipinski definition) is 1. The number of alkyl halides is 2. The normalized spacial score (nSPS) is 25.9. The third-order valence-electron chi connectivity index (χ3n) is 3.06. The molecule has 1 aliphatic heterocycles. The number of halogens is 2. The number of nitrogens with one attached hydrogen (secondary N) is 1. The predicted molar refractivity (Wildman–Crippen MR) is 54.6 cm³/mol. The van der Waals surface area contributed by atoms with Crippen LogP contribution in [0.15, 0.2) is 0 Å². The maximum absolute atomic E-state index is 14.0. The highest BCUT2D eigenvalue weighted by atomic mass is 19.3. The van der Waals surface area contributed by atoms with E-state index in [1.54, 1.807) is 20.8 Å². The minimum absolute atomic E-state index is 0.463. The summed E-state index contributed by atoms with van der Waals surface area (Å²) in [7, 11) is 0. The Morgan fingerprint density at radius 1 is 1.14 bits per heavy atom. The van der Waals surface area contributed by atoms with Crippen molar-refractivity contribution in [3.63, 3.8) is 0 Å². The topological polar surface area (TPSA) is 12.0 Å². The molecule has 0 radical (unpaired) electrons. The van der Waals surface area contributed by atoms with Crippen LogP contribution in [0.5, 0.6) is 0 Å². The summed E-state index contributed by atoms with van der Waals surface area (Å²) >= 11 is 0. The van der Waals surface area contributed by atoms with Crippen LogP contribution in [0, 0.1) is 11.3 Å². The molecule has 0 amide bonds. The fourth-order valence-corrected chi connectivity index (χ4v) is 1.94. The van der Waals surface area contributed by atoms with E-state index in [9.17, 15) is 8.78 Å². The average Bonchev–Trinajstić information content (AvgIpc) is 2.29. The number of hydrogen-bond acceptors (Lipinski definition) is 1. The third kappa shape index (κ3) is 2.44. The fraction of sp³-hybridized carbons (Fsp3) is 1.00. The molecule has 84 valence electrons. The quantitative estimate of drug-likeness (QED) is 0.693. The van der Waals surface area contributed by atoms with Gasteiger partial charge in [-0.05, 0) is 19.4 Å². The van der Waals surface area contributed by atoms with Crippen molar-refractivity contribution in [2.24, 2.45) is 11.3 Å². The van der Waals surface area contributed by atoms with Crippen molar-refractivity contribution in [3.05, 3.63) is 0 Å². The molecular formula is C11H21F2N. The maximum atomic E-state index is 14.0. The predicted octanol–water partition coefficient (Wildman–Crippen LogP) is 3.06. The van der Waals surface area contributed by atoms with E-state index in [4.69, 9.17) is 0 Å². The molecule has 0 saturated carbocycles. The van der Waals surface area contributed by atoms with Gasteiger partial charge in [-0.1, -0.05) is 27.2 Å². The largest absolute Gasteiger partial charge is 0.316 e. The molecule has 3 heteroatoms. The molecule has 1 rings (SSSR count). The molecule has 1 unspecified atom stereocenters. The zero-order valence-electron chi connectivity index (χ0n) is 9.37. The lowest BCUT2D eigenvalue weighted by atomic mass is 9.78. The molecule has 1 heterocycles. The Morgan fingerprint density at radius 3 is 2.36 bits per heavy atom. The van der Waals surface area contributed by atoms with Gasteiger partial charge in [-0.2, -0.15) is 0 Å². The van der Waals surface area contributed by atoms with Crippen LogP contribution in [0.3, 0.4) is 0 Å². The lowest BCUT2D eigenvalue weighted by Gasteiger charge is -2.36. The van der Waals surface area contributed by atoms with Gasteiger partial charge < -0.3 is 5.32 Å². The molecule has 0 spiro atoms. The van der Waals surface area contributed by atoms with Crippen molar-refractivity contribution in [1.82, 2.24) is 5.32 Å². The van der Waals surface area contributed by atoms with Crippen molar-refractivity contribution >= 4 is 0 Å². The molecule has 1 aliphatic rings. The van der Waals surface area contributed by atoms with Gasteiger partial charge in [-0.25, -0.2) is 8.78 Å². The van der Waals surface area contributed by atoms with Gasteiger partial charge in [0, 0.05) is 17.9 Å². The van der Waals surface area contributed by atoms with Crippen LogP contribution in [0.1, 0.15) is 40.0 Å². The number of rotatable bonds is 1. The Labute approximate surface area is 85.3 Å². The van der Waals surface area contributed by atoms with Gasteiger partial charge in [0.2, 0.25) is 0 Å². The Balaban J connectivity index is 2.69. The Hall–Kier alpha value is -0.180. The summed E-state index contributed by atoms with van der Waals surface area (Å²) in [6, 6.07) is 0. The van der Waals surface area contributed by atoms with Crippen LogP contribution in [-0.2, 0) is 0 Å². The summed E-state index contributed by atoms with van der Waals surface area (Å²) in [5, 5.41) is 3.10. The zero-order chi connectivity index (χ0) is 10.8. The van der Waals surface area contributed by atoms with Crippen molar-refractivity contribution in [3.8, 4) is 0 Å². The standard InChI is InChI=1S/C11H21F2N/c1-10(2,3)11(12,13)9-6-4-5-7-14-8-9/h9,14H,4-8H2,1-3H3. The molecular weight excluding hydrogens is 184 g/mol. The molecule has 1 N–H and O–H groups in total. The monoisotopic (exact) mass is 205 g/mol. The molecule has 1 saturated heterocycles. The van der Waals surface area contributed by atoms with Crippen molar-refractivity contribution < 1.29 is 8.78 Å². The van der Waals surface area contributed by atoms with Gasteiger partial charge in [-0.3, -0.25) is 0 Å². The fourth-order valence-electron chi connectivity index (χ4n) is 1.94. The highest BCUT2D eigenvalue weighted by Crippen LogP contribution is 2.43. The molecule has 0 aromatic carbocycles. The second-order valence-electron chi connectivity index (χ2n) is 5.27. The minimum atomic E-state index is -2.57. The zero-order valence-corrected chi connectivity index (χ0v) is 9.37. The summed E-state index contributed by atoms with van der Waals surface area (Å²) in [5.74, 6) is -3.06. The second-order valence-corrected chi connectivity index (χ2v) is 5.27. The van der Waals surface area contributed by atoms with Gasteiger partial charge in [0.1, 0.15) is 0 Å². The maximum Gasteiger partial charge on any atom is 0.256 e. The van der Waals surface area contributed by atoms with Gasteiger partial charge in [0.15, 0.2) is 0 Å². The molecule has 1 nitrogen and oxygen atoms in total. The van der Waals surface area contributed by atoms with E-state index < -0.39 is 17.3 Å². The summed E-state index contributed by atoms with van der Waals surface area (Å²) in [6.45, 7) is 6.22. The summed E-state index contributed by atoms with van der Waals surface area (Å²) < 4.78 is 27.9. The van der Waals surface area contributed by atoms with E-state index >= 15 is 0 Å². The van der Waals surface area contributed by atoms with Crippen LogP contribution in [0.25, 0.3) is 0 Å². The van der Waals surface area contributed by atoms with Crippen LogP contribution in [0.4, 0.5) is 8.78 Å². The summed E-state index contributed by atoms with van der Waals surface area (Å²) in [6.07, 6.45) is 2.59. The van der Waals surface area contributed by atoms with Crippen LogP contribution < -0.4 is 5.32 Å². The van der Waals surface area contributed by atoms with Crippen molar-refractivity contribution in [2.45, 2.75) is 46.0 Å². The Kier molecular flexibility index (Phi) is 3.51.